The average molecular weight is 211 g/mol. The van der Waals surface area contributed by atoms with Gasteiger partial charge in [0, 0.05) is 13.2 Å². The summed E-state index contributed by atoms with van der Waals surface area (Å²) in [4.78, 5) is 1.59. The Morgan fingerprint density at radius 3 is 2.31 bits per heavy atom. The molecule has 0 aromatic carbocycles. The van der Waals surface area contributed by atoms with Crippen LogP contribution in [0.1, 0.15) is 20.3 Å². The quantitative estimate of drug-likeness (QED) is 0.601. The molecule has 80 valence electrons. The number of nitrogens with zero attached hydrogens (tertiary/aromatic N) is 1. The molecule has 2 N–H and O–H groups in total. The first-order chi connectivity index (χ1) is 5.93. The SMILES string of the molecule is CCN(CCCO)C(C)S(=O)(=O)O. The maximum absolute atomic E-state index is 10.7. The lowest BCUT2D eigenvalue weighted by atomic mass is 10.4. The minimum atomic E-state index is -4.00. The predicted molar refractivity (Wildman–Crippen MR) is 50.0 cm³/mol. The highest BCUT2D eigenvalue weighted by atomic mass is 32.2. The lowest BCUT2D eigenvalue weighted by Crippen LogP contribution is -2.39. The van der Waals surface area contributed by atoms with Gasteiger partial charge in [0.2, 0.25) is 0 Å². The summed E-state index contributed by atoms with van der Waals surface area (Å²) < 4.78 is 30.2. The van der Waals surface area contributed by atoms with E-state index in [0.717, 1.165) is 0 Å². The van der Waals surface area contributed by atoms with Crippen LogP contribution in [-0.2, 0) is 10.1 Å². The Hall–Kier alpha value is -0.170. The Morgan fingerprint density at radius 1 is 1.46 bits per heavy atom. The van der Waals surface area contributed by atoms with Gasteiger partial charge < -0.3 is 5.11 Å². The third kappa shape index (κ3) is 4.56. The summed E-state index contributed by atoms with van der Waals surface area (Å²) >= 11 is 0. The lowest BCUT2D eigenvalue weighted by Gasteiger charge is -2.24. The molecule has 0 rings (SSSR count). The van der Waals surface area contributed by atoms with Crippen LogP contribution in [0, 0.1) is 0 Å². The van der Waals surface area contributed by atoms with Crippen LogP contribution in [0.5, 0.6) is 0 Å². The van der Waals surface area contributed by atoms with E-state index in [2.05, 4.69) is 0 Å². The lowest BCUT2D eigenvalue weighted by molar-refractivity contribution is 0.216. The summed E-state index contributed by atoms with van der Waals surface area (Å²) in [6.45, 7) is 4.25. The zero-order valence-electron chi connectivity index (χ0n) is 7.97. The molecule has 13 heavy (non-hydrogen) atoms. The summed E-state index contributed by atoms with van der Waals surface area (Å²) in [5.41, 5.74) is 0. The fraction of sp³-hybridized carbons (Fsp3) is 1.00. The molecule has 0 aliphatic rings. The van der Waals surface area contributed by atoms with Crippen LogP contribution >= 0.6 is 0 Å². The third-order valence-corrected chi connectivity index (χ3v) is 3.12. The first-order valence-corrected chi connectivity index (χ1v) is 5.75. The van der Waals surface area contributed by atoms with Crippen molar-refractivity contribution in [3.05, 3.63) is 0 Å². The van der Waals surface area contributed by atoms with Gasteiger partial charge in [0.25, 0.3) is 10.1 Å². The van der Waals surface area contributed by atoms with Gasteiger partial charge in [-0.1, -0.05) is 6.92 Å². The number of aliphatic hydroxyl groups excluding tert-OH is 1. The molecule has 0 aromatic rings. The molecule has 0 amide bonds. The minimum Gasteiger partial charge on any atom is -0.396 e. The van der Waals surface area contributed by atoms with E-state index in [1.165, 1.54) is 6.92 Å². The monoisotopic (exact) mass is 211 g/mol. The molecule has 0 aliphatic carbocycles. The smallest absolute Gasteiger partial charge is 0.280 e. The molecule has 0 aromatic heterocycles. The van der Waals surface area contributed by atoms with Crippen molar-refractivity contribution in [1.29, 1.82) is 0 Å². The summed E-state index contributed by atoms with van der Waals surface area (Å²) in [5.74, 6) is 0. The van der Waals surface area contributed by atoms with Gasteiger partial charge in [-0.3, -0.25) is 9.45 Å². The number of rotatable bonds is 6. The Morgan fingerprint density at radius 2 is 2.00 bits per heavy atom. The van der Waals surface area contributed by atoms with Crippen molar-refractivity contribution in [3.8, 4) is 0 Å². The summed E-state index contributed by atoms with van der Waals surface area (Å²) in [5, 5.41) is 7.66. The fourth-order valence-electron chi connectivity index (χ4n) is 1.06. The van der Waals surface area contributed by atoms with E-state index in [1.807, 2.05) is 0 Å². The maximum atomic E-state index is 10.7. The number of hydrogen-bond acceptors (Lipinski definition) is 4. The highest BCUT2D eigenvalue weighted by Gasteiger charge is 2.23. The van der Waals surface area contributed by atoms with E-state index in [0.29, 0.717) is 19.5 Å². The summed E-state index contributed by atoms with van der Waals surface area (Å²) in [6, 6.07) is 0. The van der Waals surface area contributed by atoms with Crippen molar-refractivity contribution in [3.63, 3.8) is 0 Å². The molecule has 1 atom stereocenters. The van der Waals surface area contributed by atoms with E-state index in [4.69, 9.17) is 9.66 Å². The molecule has 6 heteroatoms. The maximum Gasteiger partial charge on any atom is 0.280 e. The van der Waals surface area contributed by atoms with Crippen LogP contribution < -0.4 is 0 Å². The molecule has 0 radical (unpaired) electrons. The van der Waals surface area contributed by atoms with Gasteiger partial charge in [-0.15, -0.1) is 0 Å². The highest BCUT2D eigenvalue weighted by molar-refractivity contribution is 7.86. The molecule has 0 bridgehead atoms. The molecule has 0 saturated carbocycles. The van der Waals surface area contributed by atoms with Gasteiger partial charge in [0.05, 0.1) is 0 Å². The van der Waals surface area contributed by atoms with Crippen LogP contribution in [0.25, 0.3) is 0 Å². The van der Waals surface area contributed by atoms with E-state index in [9.17, 15) is 8.42 Å². The van der Waals surface area contributed by atoms with Crippen LogP contribution in [0.2, 0.25) is 0 Å². The molecule has 1 unspecified atom stereocenters. The van der Waals surface area contributed by atoms with Crippen LogP contribution in [0.4, 0.5) is 0 Å². The van der Waals surface area contributed by atoms with Crippen molar-refractivity contribution < 1.29 is 18.1 Å². The molecular formula is C7H17NO4S. The van der Waals surface area contributed by atoms with Crippen molar-refractivity contribution in [2.45, 2.75) is 25.6 Å². The molecule has 0 fully saturated rings. The first-order valence-electron chi connectivity index (χ1n) is 4.24. The summed E-state index contributed by atoms with van der Waals surface area (Å²) in [6.07, 6.45) is 0.508. The van der Waals surface area contributed by atoms with Crippen LogP contribution in [-0.4, -0.2) is 48.0 Å². The van der Waals surface area contributed by atoms with Crippen molar-refractivity contribution >= 4 is 10.1 Å². The van der Waals surface area contributed by atoms with Crippen molar-refractivity contribution in [2.24, 2.45) is 0 Å². The second kappa shape index (κ2) is 5.54. The Bertz CT molecular complexity index is 227. The number of aliphatic hydroxyl groups is 1. The fourth-order valence-corrected chi connectivity index (χ4v) is 1.69. The van der Waals surface area contributed by atoms with Gasteiger partial charge in [0.1, 0.15) is 5.37 Å². The zero-order chi connectivity index (χ0) is 10.5. The zero-order valence-corrected chi connectivity index (χ0v) is 8.79. The predicted octanol–water partition coefficient (Wildman–Crippen LogP) is -0.0755. The van der Waals surface area contributed by atoms with E-state index < -0.39 is 15.5 Å². The molecule has 0 saturated heterocycles. The summed E-state index contributed by atoms with van der Waals surface area (Å²) in [7, 11) is -4.00. The molecule has 5 nitrogen and oxygen atoms in total. The van der Waals surface area contributed by atoms with Gasteiger partial charge in [-0.2, -0.15) is 8.42 Å². The van der Waals surface area contributed by atoms with Gasteiger partial charge in [-0.05, 0) is 19.9 Å². The van der Waals surface area contributed by atoms with E-state index >= 15 is 0 Å². The Kier molecular flexibility index (Phi) is 5.46. The Labute approximate surface area is 79.1 Å². The van der Waals surface area contributed by atoms with Crippen molar-refractivity contribution in [1.82, 2.24) is 4.90 Å². The van der Waals surface area contributed by atoms with Gasteiger partial charge in [-0.25, -0.2) is 0 Å². The van der Waals surface area contributed by atoms with Crippen LogP contribution in [0.3, 0.4) is 0 Å². The highest BCUT2D eigenvalue weighted by Crippen LogP contribution is 2.05. The molecular weight excluding hydrogens is 194 g/mol. The van der Waals surface area contributed by atoms with E-state index in [-0.39, 0.29) is 6.61 Å². The number of hydrogen-bond donors (Lipinski definition) is 2. The second-order valence-electron chi connectivity index (χ2n) is 2.82. The molecule has 0 aliphatic heterocycles. The molecule has 0 spiro atoms. The third-order valence-electron chi connectivity index (χ3n) is 1.95. The largest absolute Gasteiger partial charge is 0.396 e. The van der Waals surface area contributed by atoms with E-state index in [1.54, 1.807) is 11.8 Å². The topological polar surface area (TPSA) is 77.8 Å². The standard InChI is InChI=1S/C7H17NO4S/c1-3-8(5-4-6-9)7(2)13(10,11)12/h7,9H,3-6H2,1-2H3,(H,10,11,12). The molecule has 0 heterocycles. The average Bonchev–Trinajstić information content (AvgIpc) is 2.04. The Balaban J connectivity index is 4.24. The minimum absolute atomic E-state index is 0.0225. The second-order valence-corrected chi connectivity index (χ2v) is 4.53. The van der Waals surface area contributed by atoms with Crippen LogP contribution in [0.15, 0.2) is 0 Å². The van der Waals surface area contributed by atoms with Gasteiger partial charge >= 0.3 is 0 Å². The van der Waals surface area contributed by atoms with Crippen molar-refractivity contribution in [2.75, 3.05) is 19.7 Å². The normalized spacial score (nSPS) is 14.8. The first kappa shape index (κ1) is 12.8. The van der Waals surface area contributed by atoms with Gasteiger partial charge in [0.15, 0.2) is 0 Å².